The van der Waals surface area contributed by atoms with Gasteiger partial charge in [0.2, 0.25) is 10.0 Å². The van der Waals surface area contributed by atoms with Crippen molar-refractivity contribution >= 4 is 27.2 Å². The first kappa shape index (κ1) is 16.1. The van der Waals surface area contributed by atoms with Gasteiger partial charge in [-0.25, -0.2) is 13.1 Å². The Morgan fingerprint density at radius 2 is 1.89 bits per heavy atom. The van der Waals surface area contributed by atoms with Gasteiger partial charge in [-0.3, -0.25) is 0 Å². The molecule has 1 aromatic carbocycles. The highest BCUT2D eigenvalue weighted by Crippen LogP contribution is 2.19. The average Bonchev–Trinajstić information content (AvgIpc) is 2.27. The van der Waals surface area contributed by atoms with Crippen LogP contribution >= 0.6 is 12.2 Å². The molecule has 6 heteroatoms. The first-order valence-corrected chi connectivity index (χ1v) is 7.91. The molecule has 0 spiro atoms. The minimum atomic E-state index is -3.58. The molecule has 106 valence electrons. The van der Waals surface area contributed by atoms with Crippen LogP contribution in [0.5, 0.6) is 0 Å². The van der Waals surface area contributed by atoms with E-state index < -0.39 is 10.0 Å². The van der Waals surface area contributed by atoms with Gasteiger partial charge in [0, 0.05) is 12.1 Å². The SMILES string of the molecule is CC(C)(C)CCNS(=O)(=O)c1ccccc1C(N)=S. The van der Waals surface area contributed by atoms with Crippen molar-refractivity contribution in [2.24, 2.45) is 11.1 Å². The Morgan fingerprint density at radius 1 is 1.32 bits per heavy atom. The highest BCUT2D eigenvalue weighted by atomic mass is 32.2. The Bertz CT molecular complexity index is 560. The topological polar surface area (TPSA) is 72.2 Å². The van der Waals surface area contributed by atoms with Crippen molar-refractivity contribution in [1.82, 2.24) is 4.72 Å². The van der Waals surface area contributed by atoms with Crippen LogP contribution in [-0.2, 0) is 10.0 Å². The molecular weight excluding hydrogens is 280 g/mol. The van der Waals surface area contributed by atoms with Crippen LogP contribution in [0.4, 0.5) is 0 Å². The van der Waals surface area contributed by atoms with Crippen LogP contribution < -0.4 is 10.5 Å². The van der Waals surface area contributed by atoms with Crippen molar-refractivity contribution in [3.63, 3.8) is 0 Å². The molecular formula is C13H20N2O2S2. The van der Waals surface area contributed by atoms with Crippen molar-refractivity contribution in [2.75, 3.05) is 6.54 Å². The molecule has 0 aromatic heterocycles. The molecule has 0 aliphatic carbocycles. The van der Waals surface area contributed by atoms with Gasteiger partial charge >= 0.3 is 0 Å². The molecule has 1 rings (SSSR count). The first-order chi connectivity index (χ1) is 8.63. The Balaban J connectivity index is 2.92. The van der Waals surface area contributed by atoms with E-state index in [4.69, 9.17) is 18.0 Å². The number of rotatable bonds is 5. The van der Waals surface area contributed by atoms with Gasteiger partial charge in [-0.1, -0.05) is 51.2 Å². The summed E-state index contributed by atoms with van der Waals surface area (Å²) in [7, 11) is -3.58. The Morgan fingerprint density at radius 3 is 2.42 bits per heavy atom. The summed E-state index contributed by atoms with van der Waals surface area (Å²) in [5, 5.41) is 0. The molecule has 0 amide bonds. The standard InChI is InChI=1S/C13H20N2O2S2/c1-13(2,3)8-9-15-19(16,17)11-7-5-4-6-10(11)12(14)18/h4-7,15H,8-9H2,1-3H3,(H2,14,18). The summed E-state index contributed by atoms with van der Waals surface area (Å²) >= 11 is 4.88. The van der Waals surface area contributed by atoms with E-state index in [-0.39, 0.29) is 15.3 Å². The van der Waals surface area contributed by atoms with Gasteiger partial charge in [0.15, 0.2) is 0 Å². The number of nitrogens with one attached hydrogen (secondary N) is 1. The number of hydrogen-bond acceptors (Lipinski definition) is 3. The summed E-state index contributed by atoms with van der Waals surface area (Å²) in [6.45, 7) is 6.57. The van der Waals surface area contributed by atoms with Crippen molar-refractivity contribution in [3.05, 3.63) is 29.8 Å². The van der Waals surface area contributed by atoms with Crippen molar-refractivity contribution in [2.45, 2.75) is 32.1 Å². The highest BCUT2D eigenvalue weighted by Gasteiger charge is 2.20. The second-order valence-electron chi connectivity index (χ2n) is 5.57. The Hall–Kier alpha value is -0.980. The highest BCUT2D eigenvalue weighted by molar-refractivity contribution is 7.89. The van der Waals surface area contributed by atoms with E-state index in [1.807, 2.05) is 0 Å². The maximum atomic E-state index is 12.2. The molecule has 0 saturated carbocycles. The zero-order chi connectivity index (χ0) is 14.7. The van der Waals surface area contributed by atoms with E-state index >= 15 is 0 Å². The molecule has 1 aromatic rings. The summed E-state index contributed by atoms with van der Waals surface area (Å²) < 4.78 is 27.0. The van der Waals surface area contributed by atoms with Gasteiger partial charge in [0.05, 0.1) is 4.90 Å². The number of benzene rings is 1. The monoisotopic (exact) mass is 300 g/mol. The van der Waals surface area contributed by atoms with Crippen LogP contribution in [0, 0.1) is 5.41 Å². The van der Waals surface area contributed by atoms with Gasteiger partial charge in [0.1, 0.15) is 4.99 Å². The maximum absolute atomic E-state index is 12.2. The lowest BCUT2D eigenvalue weighted by atomic mass is 9.93. The molecule has 0 unspecified atom stereocenters. The fourth-order valence-corrected chi connectivity index (χ4v) is 3.04. The second-order valence-corrected chi connectivity index (χ2v) is 7.74. The van der Waals surface area contributed by atoms with Crippen LogP contribution in [0.15, 0.2) is 29.2 Å². The lowest BCUT2D eigenvalue weighted by Crippen LogP contribution is -2.29. The fraction of sp³-hybridized carbons (Fsp3) is 0.462. The third-order valence-electron chi connectivity index (χ3n) is 2.61. The van der Waals surface area contributed by atoms with Crippen LogP contribution in [0.25, 0.3) is 0 Å². The predicted octanol–water partition coefficient (Wildman–Crippen LogP) is 2.04. The maximum Gasteiger partial charge on any atom is 0.241 e. The molecule has 0 aliphatic rings. The number of nitrogens with two attached hydrogens (primary N) is 1. The molecule has 0 aliphatic heterocycles. The molecule has 0 saturated heterocycles. The third-order valence-corrected chi connectivity index (χ3v) is 4.35. The van der Waals surface area contributed by atoms with Crippen LogP contribution in [0.2, 0.25) is 0 Å². The zero-order valence-corrected chi connectivity index (χ0v) is 13.1. The summed E-state index contributed by atoms with van der Waals surface area (Å²) in [4.78, 5) is 0.216. The Labute approximate surface area is 120 Å². The van der Waals surface area contributed by atoms with Gasteiger partial charge in [0.25, 0.3) is 0 Å². The lowest BCUT2D eigenvalue weighted by molar-refractivity contribution is 0.378. The van der Waals surface area contributed by atoms with Gasteiger partial charge in [-0.05, 0) is 17.9 Å². The summed E-state index contributed by atoms with van der Waals surface area (Å²) in [5.74, 6) is 0. The van der Waals surface area contributed by atoms with E-state index in [0.717, 1.165) is 6.42 Å². The van der Waals surface area contributed by atoms with E-state index in [9.17, 15) is 8.42 Å². The molecule has 0 heterocycles. The smallest absolute Gasteiger partial charge is 0.241 e. The molecule has 0 fully saturated rings. The summed E-state index contributed by atoms with van der Waals surface area (Å²) in [5.41, 5.74) is 6.00. The fourth-order valence-electron chi connectivity index (χ4n) is 1.54. The average molecular weight is 300 g/mol. The molecule has 0 radical (unpaired) electrons. The van der Waals surface area contributed by atoms with E-state index in [0.29, 0.717) is 12.1 Å². The molecule has 4 nitrogen and oxygen atoms in total. The van der Waals surface area contributed by atoms with E-state index in [2.05, 4.69) is 25.5 Å². The largest absolute Gasteiger partial charge is 0.389 e. The minimum Gasteiger partial charge on any atom is -0.389 e. The zero-order valence-electron chi connectivity index (χ0n) is 11.4. The normalized spacial score (nSPS) is 12.4. The van der Waals surface area contributed by atoms with E-state index in [1.165, 1.54) is 6.07 Å². The van der Waals surface area contributed by atoms with Crippen LogP contribution in [-0.4, -0.2) is 20.0 Å². The summed E-state index contributed by atoms with van der Waals surface area (Å²) in [6.07, 6.45) is 0.751. The molecule has 19 heavy (non-hydrogen) atoms. The molecule has 0 bridgehead atoms. The second kappa shape index (κ2) is 5.98. The predicted molar refractivity (Wildman–Crippen MR) is 81.6 cm³/mol. The van der Waals surface area contributed by atoms with Gasteiger partial charge in [-0.2, -0.15) is 0 Å². The number of thiocarbonyl (C=S) groups is 1. The van der Waals surface area contributed by atoms with Crippen molar-refractivity contribution in [1.29, 1.82) is 0 Å². The van der Waals surface area contributed by atoms with Crippen molar-refractivity contribution in [3.8, 4) is 0 Å². The lowest BCUT2D eigenvalue weighted by Gasteiger charge is -2.18. The summed E-state index contributed by atoms with van der Waals surface area (Å²) in [6, 6.07) is 6.48. The third kappa shape index (κ3) is 4.89. The van der Waals surface area contributed by atoms with Crippen LogP contribution in [0.1, 0.15) is 32.8 Å². The quantitative estimate of drug-likeness (QED) is 0.816. The minimum absolute atomic E-state index is 0.0746. The number of hydrogen-bond donors (Lipinski definition) is 2. The van der Waals surface area contributed by atoms with Crippen LogP contribution in [0.3, 0.4) is 0 Å². The Kier molecular flexibility index (Phi) is 5.06. The molecule has 3 N–H and O–H groups in total. The molecule has 0 atom stereocenters. The van der Waals surface area contributed by atoms with Gasteiger partial charge in [-0.15, -0.1) is 0 Å². The first-order valence-electron chi connectivity index (χ1n) is 6.02. The number of sulfonamides is 1. The van der Waals surface area contributed by atoms with Crippen molar-refractivity contribution < 1.29 is 8.42 Å². The van der Waals surface area contributed by atoms with Gasteiger partial charge < -0.3 is 5.73 Å². The van der Waals surface area contributed by atoms with E-state index in [1.54, 1.807) is 18.2 Å².